The van der Waals surface area contributed by atoms with E-state index >= 15 is 0 Å². The first-order valence-electron chi connectivity index (χ1n) is 10.4. The van der Waals surface area contributed by atoms with Crippen LogP contribution >= 0.6 is 0 Å². The van der Waals surface area contributed by atoms with Crippen LogP contribution in [-0.4, -0.2) is 11.9 Å². The Labute approximate surface area is 165 Å². The topological polar surface area (TPSA) is 52.6 Å². The lowest BCUT2D eigenvalue weighted by atomic mass is 10.0. The van der Waals surface area contributed by atoms with Gasteiger partial charge in [0.05, 0.1) is 11.8 Å². The van der Waals surface area contributed by atoms with Gasteiger partial charge in [-0.15, -0.1) is 0 Å². The third kappa shape index (κ3) is 10.2. The SMILES string of the molecule is CC.CCCCC(C)C(=O)Oc1cc(C)cc(OC(=O)C(C)CCCC)c1. The fourth-order valence-corrected chi connectivity index (χ4v) is 2.52. The molecule has 0 heterocycles. The molecule has 0 fully saturated rings. The number of ether oxygens (including phenoxy) is 2. The summed E-state index contributed by atoms with van der Waals surface area (Å²) in [6.07, 6.45) is 5.75. The van der Waals surface area contributed by atoms with Crippen LogP contribution in [0.15, 0.2) is 18.2 Å². The molecule has 0 radical (unpaired) electrons. The fourth-order valence-electron chi connectivity index (χ4n) is 2.52. The van der Waals surface area contributed by atoms with Crippen molar-refractivity contribution in [3.63, 3.8) is 0 Å². The third-order valence-corrected chi connectivity index (χ3v) is 4.25. The van der Waals surface area contributed by atoms with Gasteiger partial charge in [-0.2, -0.15) is 0 Å². The van der Waals surface area contributed by atoms with E-state index in [4.69, 9.17) is 9.47 Å². The second-order valence-electron chi connectivity index (χ2n) is 6.91. The van der Waals surface area contributed by atoms with Crippen LogP contribution in [0, 0.1) is 18.8 Å². The summed E-state index contributed by atoms with van der Waals surface area (Å²) >= 11 is 0. The quantitative estimate of drug-likeness (QED) is 0.345. The van der Waals surface area contributed by atoms with E-state index in [-0.39, 0.29) is 23.8 Å². The summed E-state index contributed by atoms with van der Waals surface area (Å²) < 4.78 is 10.9. The Hall–Kier alpha value is -1.84. The van der Waals surface area contributed by atoms with Gasteiger partial charge in [-0.3, -0.25) is 9.59 Å². The molecule has 1 aromatic carbocycles. The van der Waals surface area contributed by atoms with Gasteiger partial charge in [0.25, 0.3) is 0 Å². The van der Waals surface area contributed by atoms with Gasteiger partial charge in [-0.05, 0) is 37.5 Å². The van der Waals surface area contributed by atoms with Gasteiger partial charge in [0.1, 0.15) is 11.5 Å². The van der Waals surface area contributed by atoms with E-state index in [0.717, 1.165) is 44.1 Å². The second kappa shape index (κ2) is 14.2. The summed E-state index contributed by atoms with van der Waals surface area (Å²) in [4.78, 5) is 24.3. The summed E-state index contributed by atoms with van der Waals surface area (Å²) in [5, 5.41) is 0. The second-order valence-corrected chi connectivity index (χ2v) is 6.91. The van der Waals surface area contributed by atoms with Gasteiger partial charge in [0.2, 0.25) is 0 Å². The van der Waals surface area contributed by atoms with E-state index in [1.807, 2.05) is 34.6 Å². The van der Waals surface area contributed by atoms with Crippen LogP contribution in [0.3, 0.4) is 0 Å². The summed E-state index contributed by atoms with van der Waals surface area (Å²) in [6.45, 7) is 13.8. The molecule has 0 saturated heterocycles. The first kappa shape index (κ1) is 25.2. The van der Waals surface area contributed by atoms with E-state index in [1.54, 1.807) is 18.2 Å². The van der Waals surface area contributed by atoms with Gasteiger partial charge in [-0.25, -0.2) is 0 Å². The van der Waals surface area contributed by atoms with E-state index in [2.05, 4.69) is 13.8 Å². The monoisotopic (exact) mass is 378 g/mol. The average molecular weight is 379 g/mol. The summed E-state index contributed by atoms with van der Waals surface area (Å²) in [7, 11) is 0. The van der Waals surface area contributed by atoms with Crippen LogP contribution in [0.25, 0.3) is 0 Å². The highest BCUT2D eigenvalue weighted by atomic mass is 16.5. The van der Waals surface area contributed by atoms with Crippen LogP contribution in [0.1, 0.15) is 85.6 Å². The molecule has 2 atom stereocenters. The van der Waals surface area contributed by atoms with Crippen LogP contribution in [0.2, 0.25) is 0 Å². The lowest BCUT2D eigenvalue weighted by Gasteiger charge is -2.14. The molecule has 1 aromatic rings. The van der Waals surface area contributed by atoms with Crippen LogP contribution in [-0.2, 0) is 9.59 Å². The zero-order chi connectivity index (χ0) is 20.8. The van der Waals surface area contributed by atoms with Gasteiger partial charge < -0.3 is 9.47 Å². The van der Waals surface area contributed by atoms with Crippen molar-refractivity contribution in [3.05, 3.63) is 23.8 Å². The maximum Gasteiger partial charge on any atom is 0.314 e. The van der Waals surface area contributed by atoms with Crippen LogP contribution in [0.4, 0.5) is 0 Å². The van der Waals surface area contributed by atoms with Crippen molar-refractivity contribution < 1.29 is 19.1 Å². The molecule has 0 bridgehead atoms. The smallest absolute Gasteiger partial charge is 0.314 e. The molecular weight excluding hydrogens is 340 g/mol. The fraction of sp³-hybridized carbons (Fsp3) is 0.652. The number of hydrogen-bond donors (Lipinski definition) is 0. The molecule has 154 valence electrons. The molecule has 27 heavy (non-hydrogen) atoms. The van der Waals surface area contributed by atoms with E-state index in [0.29, 0.717) is 11.5 Å². The summed E-state index contributed by atoms with van der Waals surface area (Å²) in [5.41, 5.74) is 0.885. The first-order valence-corrected chi connectivity index (χ1v) is 10.4. The molecule has 0 saturated carbocycles. The molecule has 0 aliphatic carbocycles. The zero-order valence-corrected chi connectivity index (χ0v) is 18.3. The molecule has 0 amide bonds. The van der Waals surface area contributed by atoms with Gasteiger partial charge in [0.15, 0.2) is 0 Å². The maximum absolute atomic E-state index is 12.2. The van der Waals surface area contributed by atoms with Crippen molar-refractivity contribution in [1.82, 2.24) is 0 Å². The van der Waals surface area contributed by atoms with Crippen molar-refractivity contribution >= 4 is 11.9 Å². The molecule has 4 nitrogen and oxygen atoms in total. The largest absolute Gasteiger partial charge is 0.426 e. The molecule has 0 N–H and O–H groups in total. The zero-order valence-electron chi connectivity index (χ0n) is 18.3. The third-order valence-electron chi connectivity index (χ3n) is 4.25. The number of unbranched alkanes of at least 4 members (excludes halogenated alkanes) is 2. The highest BCUT2D eigenvalue weighted by molar-refractivity contribution is 5.76. The highest BCUT2D eigenvalue weighted by Gasteiger charge is 2.18. The van der Waals surface area contributed by atoms with Crippen molar-refractivity contribution in [2.75, 3.05) is 0 Å². The minimum Gasteiger partial charge on any atom is -0.426 e. The van der Waals surface area contributed by atoms with Gasteiger partial charge in [0, 0.05) is 6.07 Å². The Morgan fingerprint density at radius 1 is 0.815 bits per heavy atom. The molecule has 0 aromatic heterocycles. The van der Waals surface area contributed by atoms with E-state index in [1.165, 1.54) is 0 Å². The summed E-state index contributed by atoms with van der Waals surface area (Å²) in [5.74, 6) is 0.0936. The van der Waals surface area contributed by atoms with Crippen molar-refractivity contribution in [2.45, 2.75) is 87.0 Å². The lowest BCUT2D eigenvalue weighted by Crippen LogP contribution is -2.19. The lowest BCUT2D eigenvalue weighted by molar-refractivity contribution is -0.139. The molecule has 1 rings (SSSR count). The minimum absolute atomic E-state index is 0.138. The predicted molar refractivity (Wildman–Crippen MR) is 111 cm³/mol. The Kier molecular flexibility index (Phi) is 13.3. The summed E-state index contributed by atoms with van der Waals surface area (Å²) in [6, 6.07) is 5.17. The number of aryl methyl sites for hydroxylation is 1. The maximum atomic E-state index is 12.2. The number of benzene rings is 1. The van der Waals surface area contributed by atoms with Crippen molar-refractivity contribution in [3.8, 4) is 11.5 Å². The Bertz CT molecular complexity index is 519. The number of esters is 2. The number of carbonyl (C=O) groups is 2. The Morgan fingerprint density at radius 3 is 1.52 bits per heavy atom. The highest BCUT2D eigenvalue weighted by Crippen LogP contribution is 2.25. The Balaban J connectivity index is 0.00000326. The van der Waals surface area contributed by atoms with Crippen molar-refractivity contribution in [2.24, 2.45) is 11.8 Å². The van der Waals surface area contributed by atoms with Crippen molar-refractivity contribution in [1.29, 1.82) is 0 Å². The van der Waals surface area contributed by atoms with E-state index < -0.39 is 0 Å². The number of hydrogen-bond acceptors (Lipinski definition) is 4. The molecule has 0 aliphatic rings. The van der Waals surface area contributed by atoms with Crippen LogP contribution in [0.5, 0.6) is 11.5 Å². The molecular formula is C23H38O4. The number of rotatable bonds is 10. The standard InChI is InChI=1S/C21H32O4.C2H6/c1-6-8-10-16(4)20(22)24-18-12-15(3)13-19(14-18)25-21(23)17(5)11-9-7-2;1-2/h12-14,16-17H,6-11H2,1-5H3;1-2H3. The minimum atomic E-state index is -0.243. The Morgan fingerprint density at radius 2 is 1.19 bits per heavy atom. The normalized spacial score (nSPS) is 12.4. The molecule has 2 unspecified atom stereocenters. The average Bonchev–Trinajstić information content (AvgIpc) is 2.65. The molecule has 4 heteroatoms. The number of carbonyl (C=O) groups excluding carboxylic acids is 2. The van der Waals surface area contributed by atoms with Gasteiger partial charge in [-0.1, -0.05) is 67.2 Å². The predicted octanol–water partition coefficient (Wildman–Crippen LogP) is 6.48. The van der Waals surface area contributed by atoms with Gasteiger partial charge >= 0.3 is 11.9 Å². The first-order chi connectivity index (χ1) is 12.9. The molecule has 0 spiro atoms. The van der Waals surface area contributed by atoms with Crippen LogP contribution < -0.4 is 9.47 Å². The molecule has 0 aliphatic heterocycles. The van der Waals surface area contributed by atoms with E-state index in [9.17, 15) is 9.59 Å².